The van der Waals surface area contributed by atoms with Gasteiger partial charge in [-0.05, 0) is 56.3 Å². The number of carbonyl (C=O) groups is 1. The van der Waals surface area contributed by atoms with Gasteiger partial charge in [-0.2, -0.15) is 0 Å². The van der Waals surface area contributed by atoms with Gasteiger partial charge in [0.05, 0.1) is 25.1 Å². The van der Waals surface area contributed by atoms with Crippen molar-refractivity contribution in [3.63, 3.8) is 0 Å². The molecule has 2 unspecified atom stereocenters. The van der Waals surface area contributed by atoms with Crippen LogP contribution < -0.4 is 19.1 Å². The first-order chi connectivity index (χ1) is 13.6. The number of anilines is 1. The van der Waals surface area contributed by atoms with E-state index >= 15 is 0 Å². The Bertz CT molecular complexity index is 934. The van der Waals surface area contributed by atoms with Crippen LogP contribution in [0.2, 0.25) is 0 Å². The second-order valence-corrected chi connectivity index (χ2v) is 8.47. The highest BCUT2D eigenvalue weighted by Gasteiger charge is 2.30. The number of sulfonamides is 1. The molecule has 1 N–H and O–H groups in total. The Morgan fingerprint density at radius 1 is 1.14 bits per heavy atom. The largest absolute Gasteiger partial charge is 0.497 e. The van der Waals surface area contributed by atoms with Crippen LogP contribution in [0.5, 0.6) is 11.5 Å². The van der Waals surface area contributed by atoms with E-state index in [4.69, 9.17) is 9.47 Å². The quantitative estimate of drug-likeness (QED) is 0.669. The van der Waals surface area contributed by atoms with Gasteiger partial charge in [-0.15, -0.1) is 0 Å². The SMILES string of the molecule is COc1ccc(OCC(C)NC(=O)C(C)N(c2cccc(F)c2)S(C)(=O)=O)cc1. The number of hydrogen-bond donors (Lipinski definition) is 1. The summed E-state index contributed by atoms with van der Waals surface area (Å²) in [4.78, 5) is 12.6. The van der Waals surface area contributed by atoms with E-state index in [0.29, 0.717) is 11.5 Å². The standard InChI is InChI=1S/C20H25FN2O5S/c1-14(13-28-19-10-8-18(27-3)9-11-19)22-20(24)15(2)23(29(4,25)26)17-7-5-6-16(21)12-17/h5-12,14-15H,13H2,1-4H3,(H,22,24). The summed E-state index contributed by atoms with van der Waals surface area (Å²) in [5, 5.41) is 2.72. The Hall–Kier alpha value is -2.81. The lowest BCUT2D eigenvalue weighted by Gasteiger charge is -2.29. The van der Waals surface area contributed by atoms with E-state index in [1.54, 1.807) is 38.3 Å². The van der Waals surface area contributed by atoms with Crippen molar-refractivity contribution in [2.45, 2.75) is 25.9 Å². The van der Waals surface area contributed by atoms with Crippen molar-refractivity contribution in [1.29, 1.82) is 0 Å². The number of nitrogens with zero attached hydrogens (tertiary/aromatic N) is 1. The number of carbonyl (C=O) groups excluding carboxylic acids is 1. The fourth-order valence-electron chi connectivity index (χ4n) is 2.72. The molecule has 0 radical (unpaired) electrons. The summed E-state index contributed by atoms with van der Waals surface area (Å²) < 4.78 is 49.6. The van der Waals surface area contributed by atoms with E-state index in [2.05, 4.69) is 5.32 Å². The molecule has 0 aliphatic carbocycles. The average molecular weight is 424 g/mol. The van der Waals surface area contributed by atoms with Crippen molar-refractivity contribution >= 4 is 21.6 Å². The van der Waals surface area contributed by atoms with Gasteiger partial charge in [0.1, 0.15) is 30.0 Å². The first-order valence-electron chi connectivity index (χ1n) is 8.94. The molecule has 2 aromatic rings. The molecule has 0 aromatic heterocycles. The van der Waals surface area contributed by atoms with Crippen LogP contribution in [0.1, 0.15) is 13.8 Å². The van der Waals surface area contributed by atoms with Gasteiger partial charge in [0, 0.05) is 0 Å². The zero-order chi connectivity index (χ0) is 21.6. The van der Waals surface area contributed by atoms with Crippen LogP contribution in [-0.2, 0) is 14.8 Å². The van der Waals surface area contributed by atoms with Crippen LogP contribution in [0.3, 0.4) is 0 Å². The molecule has 0 aliphatic rings. The second-order valence-electron chi connectivity index (χ2n) is 6.61. The van der Waals surface area contributed by atoms with Gasteiger partial charge in [-0.3, -0.25) is 9.10 Å². The van der Waals surface area contributed by atoms with Gasteiger partial charge in [-0.25, -0.2) is 12.8 Å². The molecular formula is C20H25FN2O5S. The van der Waals surface area contributed by atoms with Crippen LogP contribution >= 0.6 is 0 Å². The van der Waals surface area contributed by atoms with Crippen molar-refractivity contribution in [2.75, 3.05) is 24.3 Å². The van der Waals surface area contributed by atoms with Crippen LogP contribution in [0.25, 0.3) is 0 Å². The van der Waals surface area contributed by atoms with Gasteiger partial charge < -0.3 is 14.8 Å². The average Bonchev–Trinajstić information content (AvgIpc) is 2.65. The van der Waals surface area contributed by atoms with Crippen molar-refractivity contribution in [3.8, 4) is 11.5 Å². The molecule has 0 bridgehead atoms. The summed E-state index contributed by atoms with van der Waals surface area (Å²) in [7, 11) is -2.25. The summed E-state index contributed by atoms with van der Waals surface area (Å²) in [6.07, 6.45) is 0.970. The molecule has 0 spiro atoms. The van der Waals surface area contributed by atoms with Crippen LogP contribution in [0.4, 0.5) is 10.1 Å². The predicted molar refractivity (Wildman–Crippen MR) is 109 cm³/mol. The Morgan fingerprint density at radius 2 is 1.76 bits per heavy atom. The van der Waals surface area contributed by atoms with Crippen molar-refractivity contribution in [3.05, 3.63) is 54.3 Å². The molecule has 0 saturated carbocycles. The maximum Gasteiger partial charge on any atom is 0.243 e. The molecule has 0 saturated heterocycles. The molecule has 7 nitrogen and oxygen atoms in total. The monoisotopic (exact) mass is 424 g/mol. The minimum atomic E-state index is -3.81. The lowest BCUT2D eigenvalue weighted by Crippen LogP contribution is -2.50. The topological polar surface area (TPSA) is 84.9 Å². The van der Waals surface area contributed by atoms with Gasteiger partial charge in [0.2, 0.25) is 15.9 Å². The minimum absolute atomic E-state index is 0.0808. The van der Waals surface area contributed by atoms with E-state index in [0.717, 1.165) is 16.6 Å². The normalized spacial score (nSPS) is 13.3. The molecule has 1 amide bonds. The van der Waals surface area contributed by atoms with Gasteiger partial charge in [0.25, 0.3) is 0 Å². The smallest absolute Gasteiger partial charge is 0.243 e. The molecule has 0 heterocycles. The molecule has 2 atom stereocenters. The summed E-state index contributed by atoms with van der Waals surface area (Å²) in [6, 6.07) is 10.6. The van der Waals surface area contributed by atoms with Crippen molar-refractivity contribution in [1.82, 2.24) is 5.32 Å². The van der Waals surface area contributed by atoms with Crippen molar-refractivity contribution in [2.24, 2.45) is 0 Å². The second kappa shape index (κ2) is 9.60. The van der Waals surface area contributed by atoms with E-state index in [1.165, 1.54) is 25.1 Å². The zero-order valence-corrected chi connectivity index (χ0v) is 17.6. The van der Waals surface area contributed by atoms with Crippen LogP contribution in [0.15, 0.2) is 48.5 Å². The highest BCUT2D eigenvalue weighted by molar-refractivity contribution is 7.92. The first-order valence-corrected chi connectivity index (χ1v) is 10.8. The highest BCUT2D eigenvalue weighted by atomic mass is 32.2. The Kier molecular flexibility index (Phi) is 7.44. The first kappa shape index (κ1) is 22.5. The number of ether oxygens (including phenoxy) is 2. The third-order valence-corrected chi connectivity index (χ3v) is 5.34. The van der Waals surface area contributed by atoms with Crippen LogP contribution in [-0.4, -0.2) is 46.4 Å². The Balaban J connectivity index is 2.02. The lowest BCUT2D eigenvalue weighted by atomic mass is 10.2. The van der Waals surface area contributed by atoms with E-state index < -0.39 is 27.8 Å². The lowest BCUT2D eigenvalue weighted by molar-refractivity contribution is -0.122. The Morgan fingerprint density at radius 3 is 2.31 bits per heavy atom. The zero-order valence-electron chi connectivity index (χ0n) is 16.8. The number of rotatable bonds is 9. The van der Waals surface area contributed by atoms with E-state index in [1.807, 2.05) is 0 Å². The molecule has 0 aliphatic heterocycles. The number of halogens is 1. The maximum atomic E-state index is 13.6. The highest BCUT2D eigenvalue weighted by Crippen LogP contribution is 2.22. The molecule has 29 heavy (non-hydrogen) atoms. The number of methoxy groups -OCH3 is 1. The number of hydrogen-bond acceptors (Lipinski definition) is 5. The van der Waals surface area contributed by atoms with Crippen LogP contribution in [0, 0.1) is 5.82 Å². The van der Waals surface area contributed by atoms with Gasteiger partial charge in [0.15, 0.2) is 0 Å². The molecule has 0 fully saturated rings. The minimum Gasteiger partial charge on any atom is -0.497 e. The third kappa shape index (κ3) is 6.35. The summed E-state index contributed by atoms with van der Waals surface area (Å²) >= 11 is 0. The summed E-state index contributed by atoms with van der Waals surface area (Å²) in [5.74, 6) is 0.193. The van der Waals surface area contributed by atoms with Gasteiger partial charge in [-0.1, -0.05) is 6.07 Å². The molecule has 2 rings (SSSR count). The molecule has 9 heteroatoms. The van der Waals surface area contributed by atoms with E-state index in [9.17, 15) is 17.6 Å². The number of nitrogens with one attached hydrogen (secondary N) is 1. The summed E-state index contributed by atoms with van der Waals surface area (Å²) in [6.45, 7) is 3.36. The fourth-order valence-corrected chi connectivity index (χ4v) is 3.89. The third-order valence-electron chi connectivity index (χ3n) is 4.10. The van der Waals surface area contributed by atoms with E-state index in [-0.39, 0.29) is 18.3 Å². The molecular weight excluding hydrogens is 399 g/mol. The summed E-state index contributed by atoms with van der Waals surface area (Å²) in [5.41, 5.74) is 0.0808. The number of amides is 1. The van der Waals surface area contributed by atoms with Crippen molar-refractivity contribution < 1.29 is 27.1 Å². The predicted octanol–water partition coefficient (Wildman–Crippen LogP) is 2.57. The fraction of sp³-hybridized carbons (Fsp3) is 0.350. The molecule has 158 valence electrons. The maximum absolute atomic E-state index is 13.6. The Labute approximate surface area is 170 Å². The van der Waals surface area contributed by atoms with Gasteiger partial charge >= 0.3 is 0 Å². The molecule has 2 aromatic carbocycles. The number of benzene rings is 2.